The van der Waals surface area contributed by atoms with Gasteiger partial charge in [-0.3, -0.25) is 0 Å². The maximum Gasteiger partial charge on any atom is -0.0299 e. The molecule has 0 radical (unpaired) electrons. The summed E-state index contributed by atoms with van der Waals surface area (Å²) in [5, 5.41) is 2.14. The zero-order valence-corrected chi connectivity index (χ0v) is 7.65. The van der Waals surface area contributed by atoms with E-state index in [0.29, 0.717) is 0 Å². The van der Waals surface area contributed by atoms with Gasteiger partial charge in [0.2, 0.25) is 0 Å². The minimum absolute atomic E-state index is 1.06. The Bertz CT molecular complexity index is 296. The predicted octanol–water partition coefficient (Wildman–Crippen LogP) is 1.84. The molecule has 0 aliphatic carbocycles. The molecule has 0 amide bonds. The Kier molecular flexibility index (Phi) is 4.28. The van der Waals surface area contributed by atoms with Crippen molar-refractivity contribution in [2.45, 2.75) is 20.8 Å². The van der Waals surface area contributed by atoms with Crippen molar-refractivity contribution in [3.63, 3.8) is 0 Å². The van der Waals surface area contributed by atoms with Crippen LogP contribution in [0.1, 0.15) is 19.4 Å². The van der Waals surface area contributed by atoms with Gasteiger partial charge in [-0.1, -0.05) is 45.2 Å². The van der Waals surface area contributed by atoms with Gasteiger partial charge < -0.3 is 0 Å². The molecule has 1 rings (SSSR count). The molecule has 0 saturated heterocycles. The summed E-state index contributed by atoms with van der Waals surface area (Å²) >= 11 is 0. The van der Waals surface area contributed by atoms with Crippen LogP contribution >= 0.6 is 0 Å². The van der Waals surface area contributed by atoms with Crippen LogP contribution in [0.3, 0.4) is 0 Å². The third kappa shape index (κ3) is 3.03. The molecular formula is C11H16. The van der Waals surface area contributed by atoms with Crippen LogP contribution in [0, 0.1) is 6.92 Å². The summed E-state index contributed by atoms with van der Waals surface area (Å²) < 4.78 is 0. The van der Waals surface area contributed by atoms with Crippen LogP contribution in [0.15, 0.2) is 18.2 Å². The van der Waals surface area contributed by atoms with Crippen LogP contribution in [0.2, 0.25) is 0 Å². The quantitative estimate of drug-likeness (QED) is 0.526. The topological polar surface area (TPSA) is 0 Å². The highest BCUT2D eigenvalue weighted by Gasteiger charge is 1.81. The van der Waals surface area contributed by atoms with E-state index >= 15 is 0 Å². The fourth-order valence-electron chi connectivity index (χ4n) is 0.758. The molecule has 0 N–H and O–H groups in total. The van der Waals surface area contributed by atoms with Gasteiger partial charge in [0, 0.05) is 0 Å². The first kappa shape index (κ1) is 9.96. The van der Waals surface area contributed by atoms with Gasteiger partial charge in [-0.05, 0) is 22.9 Å². The van der Waals surface area contributed by atoms with Crippen molar-refractivity contribution in [1.82, 2.24) is 0 Å². The molecule has 0 aliphatic heterocycles. The van der Waals surface area contributed by atoms with Crippen molar-refractivity contribution in [2.24, 2.45) is 0 Å². The van der Waals surface area contributed by atoms with E-state index in [1.165, 1.54) is 5.56 Å². The van der Waals surface area contributed by atoms with E-state index in [-0.39, 0.29) is 0 Å². The Morgan fingerprint density at radius 1 is 1.09 bits per heavy atom. The summed E-state index contributed by atoms with van der Waals surface area (Å²) in [5.41, 5.74) is 1.21. The lowest BCUT2D eigenvalue weighted by molar-refractivity contribution is 1.39. The zero-order chi connectivity index (χ0) is 8.85. The Balaban J connectivity index is 0.000000461. The van der Waals surface area contributed by atoms with Gasteiger partial charge >= 0.3 is 0 Å². The van der Waals surface area contributed by atoms with Gasteiger partial charge in [0.25, 0.3) is 0 Å². The zero-order valence-electron chi connectivity index (χ0n) is 7.65. The number of benzene rings is 1. The van der Waals surface area contributed by atoms with E-state index < -0.39 is 0 Å². The maximum absolute atomic E-state index is 3.83. The number of hydrogen-bond donors (Lipinski definition) is 0. The van der Waals surface area contributed by atoms with E-state index in [0.717, 1.165) is 10.4 Å². The molecule has 0 unspecified atom stereocenters. The third-order valence-corrected chi connectivity index (χ3v) is 1.41. The van der Waals surface area contributed by atoms with Gasteiger partial charge in [0.05, 0.1) is 0 Å². The van der Waals surface area contributed by atoms with Gasteiger partial charge in [-0.15, -0.1) is 0 Å². The number of rotatable bonds is 0. The largest absolute Gasteiger partial charge is 0.0918 e. The number of aryl methyl sites for hydroxylation is 1. The minimum atomic E-state index is 1.06. The van der Waals surface area contributed by atoms with E-state index in [9.17, 15) is 0 Å². The van der Waals surface area contributed by atoms with Crippen molar-refractivity contribution in [2.75, 3.05) is 0 Å². The molecule has 0 saturated carbocycles. The molecule has 0 spiro atoms. The lowest BCUT2D eigenvalue weighted by Crippen LogP contribution is -2.08. The van der Waals surface area contributed by atoms with Crippen molar-refractivity contribution >= 4 is 13.2 Å². The Labute approximate surface area is 68.9 Å². The van der Waals surface area contributed by atoms with Crippen LogP contribution in [-0.4, -0.2) is 0 Å². The monoisotopic (exact) mass is 148 g/mol. The Hall–Kier alpha value is -1.04. The highest BCUT2D eigenvalue weighted by molar-refractivity contribution is 5.22. The normalized spacial score (nSPS) is 8.27. The summed E-state index contributed by atoms with van der Waals surface area (Å²) in [6.07, 6.45) is 0. The third-order valence-electron chi connectivity index (χ3n) is 1.41. The first-order valence-corrected chi connectivity index (χ1v) is 3.95. The molecule has 1 aromatic rings. The molecule has 1 aromatic carbocycles. The molecule has 60 valence electrons. The van der Waals surface area contributed by atoms with Crippen LogP contribution < -0.4 is 10.4 Å². The van der Waals surface area contributed by atoms with Gasteiger partial charge in [-0.2, -0.15) is 0 Å². The molecule has 0 aromatic heterocycles. The van der Waals surface area contributed by atoms with Crippen molar-refractivity contribution in [1.29, 1.82) is 0 Å². The lowest BCUT2D eigenvalue weighted by Gasteiger charge is -1.89. The van der Waals surface area contributed by atoms with Crippen molar-refractivity contribution in [3.05, 3.63) is 34.2 Å². The molecule has 0 heteroatoms. The molecule has 0 fully saturated rings. The maximum atomic E-state index is 3.83. The Morgan fingerprint density at radius 3 is 2.00 bits per heavy atom. The van der Waals surface area contributed by atoms with Crippen LogP contribution in [0.5, 0.6) is 0 Å². The standard InChI is InChI=1S/C9H10.C2H6/c1-7-4-5-8(2)9(3)6-7;1-2/h4-6H,1-2H2,3H3;1-2H3. The molecule has 0 bridgehead atoms. The van der Waals surface area contributed by atoms with Crippen molar-refractivity contribution < 1.29 is 0 Å². The van der Waals surface area contributed by atoms with E-state index in [1.807, 2.05) is 39.0 Å². The fraction of sp³-hybridized carbons (Fsp3) is 0.273. The summed E-state index contributed by atoms with van der Waals surface area (Å²) in [4.78, 5) is 0. The molecular weight excluding hydrogens is 132 g/mol. The highest BCUT2D eigenvalue weighted by atomic mass is 13.9. The van der Waals surface area contributed by atoms with Gasteiger partial charge in [-0.25, -0.2) is 0 Å². The van der Waals surface area contributed by atoms with Gasteiger partial charge in [0.15, 0.2) is 0 Å². The summed E-state index contributed by atoms with van der Waals surface area (Å²) in [5.74, 6) is 0. The molecule has 0 aliphatic rings. The predicted molar refractivity (Wildman–Crippen MR) is 52.8 cm³/mol. The van der Waals surface area contributed by atoms with Crippen molar-refractivity contribution in [3.8, 4) is 0 Å². The second-order valence-electron chi connectivity index (χ2n) is 2.26. The fourth-order valence-corrected chi connectivity index (χ4v) is 0.758. The average Bonchev–Trinajstić information content (AvgIpc) is 2.02. The minimum Gasteiger partial charge on any atom is -0.0918 e. The van der Waals surface area contributed by atoms with E-state index in [2.05, 4.69) is 13.2 Å². The van der Waals surface area contributed by atoms with E-state index in [4.69, 9.17) is 0 Å². The summed E-state index contributed by atoms with van der Waals surface area (Å²) in [6.45, 7) is 13.7. The smallest absolute Gasteiger partial charge is 0.0299 e. The van der Waals surface area contributed by atoms with Crippen LogP contribution in [0.25, 0.3) is 13.2 Å². The SMILES string of the molecule is C=c1ccc(=C)c(C)c1.CC. The second-order valence-corrected chi connectivity index (χ2v) is 2.26. The lowest BCUT2D eigenvalue weighted by atomic mass is 10.2. The molecule has 11 heavy (non-hydrogen) atoms. The van der Waals surface area contributed by atoms with E-state index in [1.54, 1.807) is 0 Å². The van der Waals surface area contributed by atoms with Crippen LogP contribution in [0.4, 0.5) is 0 Å². The van der Waals surface area contributed by atoms with Crippen LogP contribution in [-0.2, 0) is 0 Å². The summed E-state index contributed by atoms with van der Waals surface area (Å²) in [7, 11) is 0. The molecule has 0 heterocycles. The molecule has 0 atom stereocenters. The van der Waals surface area contributed by atoms with Gasteiger partial charge in [0.1, 0.15) is 0 Å². The first-order valence-electron chi connectivity index (χ1n) is 3.95. The highest BCUT2D eigenvalue weighted by Crippen LogP contribution is 1.78. The average molecular weight is 148 g/mol. The number of hydrogen-bond acceptors (Lipinski definition) is 0. The first-order chi connectivity index (χ1) is 5.20. The summed E-state index contributed by atoms with van der Waals surface area (Å²) in [6, 6.07) is 5.98. The second kappa shape index (κ2) is 4.73. The molecule has 0 nitrogen and oxygen atoms in total. The Morgan fingerprint density at radius 2 is 1.64 bits per heavy atom.